The monoisotopic (exact) mass is 216 g/mol. The smallest absolute Gasteiger partial charge is 0.166 e. The van der Waals surface area contributed by atoms with Crippen LogP contribution in [-0.4, -0.2) is 24.3 Å². The second-order valence-corrected chi connectivity index (χ2v) is 4.32. The Balaban J connectivity index is 2.12. The molecule has 0 aromatic carbocycles. The molecule has 0 N–H and O–H groups in total. The van der Waals surface area contributed by atoms with Gasteiger partial charge >= 0.3 is 0 Å². The first kappa shape index (κ1) is 9.73. The third-order valence-corrected chi connectivity index (χ3v) is 3.34. The Kier molecular flexibility index (Phi) is 2.14. The number of hydrogen-bond donors (Lipinski definition) is 0. The van der Waals surface area contributed by atoms with Crippen molar-refractivity contribution >= 4 is 11.6 Å². The van der Waals surface area contributed by atoms with Crippen LogP contribution in [0, 0.1) is 5.92 Å². The van der Waals surface area contributed by atoms with Crippen molar-refractivity contribution in [2.45, 2.75) is 18.9 Å². The van der Waals surface area contributed by atoms with Crippen molar-refractivity contribution in [2.24, 2.45) is 5.92 Å². The summed E-state index contributed by atoms with van der Waals surface area (Å²) in [5.74, 6) is 0.263. The van der Waals surface area contributed by atoms with Gasteiger partial charge in [-0.15, -0.1) is 0 Å². The number of carbonyl (C=O) groups excluding carboxylic acids is 2. The highest BCUT2D eigenvalue weighted by Crippen LogP contribution is 2.34. The highest BCUT2D eigenvalue weighted by molar-refractivity contribution is 6.09. The Hall–Kier alpha value is -1.48. The summed E-state index contributed by atoms with van der Waals surface area (Å²) in [4.78, 5) is 23.6. The summed E-state index contributed by atoms with van der Waals surface area (Å²) >= 11 is 0. The molecule has 16 heavy (non-hydrogen) atoms. The van der Waals surface area contributed by atoms with Crippen LogP contribution in [0.5, 0.6) is 0 Å². The zero-order chi connectivity index (χ0) is 11.1. The summed E-state index contributed by atoms with van der Waals surface area (Å²) in [5, 5.41) is 0. The Morgan fingerprint density at radius 3 is 2.94 bits per heavy atom. The minimum Gasteiger partial charge on any atom is -0.365 e. The van der Waals surface area contributed by atoms with Crippen LogP contribution in [0.4, 0.5) is 0 Å². The molecule has 2 unspecified atom stereocenters. The predicted molar refractivity (Wildman–Crippen MR) is 57.8 cm³/mol. The highest BCUT2D eigenvalue weighted by atomic mass is 16.5. The van der Waals surface area contributed by atoms with Crippen LogP contribution in [0.15, 0.2) is 35.5 Å². The van der Waals surface area contributed by atoms with Crippen LogP contribution in [0.3, 0.4) is 0 Å². The third kappa shape index (κ3) is 1.32. The highest BCUT2D eigenvalue weighted by Gasteiger charge is 2.39. The molecule has 3 aliphatic rings. The van der Waals surface area contributed by atoms with E-state index in [0.29, 0.717) is 25.0 Å². The number of carbonyl (C=O) groups is 2. The molecule has 0 radical (unpaired) electrons. The second kappa shape index (κ2) is 3.52. The standard InChI is InChI=1S/C13H12O3/c14-10-5-6-11(15)13-12(10)9-4-2-1-3-8(9)7-16-13/h1-4,8,13H,5-7H2. The fourth-order valence-electron chi connectivity index (χ4n) is 2.52. The summed E-state index contributed by atoms with van der Waals surface area (Å²) in [5.41, 5.74) is 1.59. The normalized spacial score (nSPS) is 32.8. The van der Waals surface area contributed by atoms with E-state index in [4.69, 9.17) is 4.74 Å². The van der Waals surface area contributed by atoms with E-state index in [-0.39, 0.29) is 17.5 Å². The topological polar surface area (TPSA) is 43.4 Å². The predicted octanol–water partition coefficient (Wildman–Crippen LogP) is 1.36. The van der Waals surface area contributed by atoms with Gasteiger partial charge in [0.1, 0.15) is 6.10 Å². The van der Waals surface area contributed by atoms with E-state index in [0.717, 1.165) is 5.57 Å². The molecule has 2 atom stereocenters. The Morgan fingerprint density at radius 2 is 2.06 bits per heavy atom. The van der Waals surface area contributed by atoms with Gasteiger partial charge in [0, 0.05) is 24.3 Å². The number of ketones is 2. The molecule has 3 rings (SSSR count). The van der Waals surface area contributed by atoms with E-state index in [1.807, 2.05) is 24.3 Å². The van der Waals surface area contributed by atoms with Crippen molar-refractivity contribution in [3.05, 3.63) is 35.5 Å². The van der Waals surface area contributed by atoms with E-state index < -0.39 is 6.10 Å². The lowest BCUT2D eigenvalue weighted by Crippen LogP contribution is -2.41. The maximum absolute atomic E-state index is 11.9. The molecule has 1 heterocycles. The third-order valence-electron chi connectivity index (χ3n) is 3.34. The van der Waals surface area contributed by atoms with Crippen LogP contribution in [-0.2, 0) is 14.3 Å². The van der Waals surface area contributed by atoms with Crippen LogP contribution in [0.25, 0.3) is 0 Å². The molecule has 0 spiro atoms. The minimum absolute atomic E-state index is 0.0449. The number of allylic oxidation sites excluding steroid dienone is 3. The van der Waals surface area contributed by atoms with Crippen LogP contribution >= 0.6 is 0 Å². The van der Waals surface area contributed by atoms with Crippen LogP contribution < -0.4 is 0 Å². The first-order valence-corrected chi connectivity index (χ1v) is 5.54. The molecule has 0 saturated heterocycles. The molecule has 0 bridgehead atoms. The SMILES string of the molecule is O=C1CCC(=O)C2OCC3C=CC=CC3=C12. The van der Waals surface area contributed by atoms with Crippen LogP contribution in [0.1, 0.15) is 12.8 Å². The van der Waals surface area contributed by atoms with Gasteiger partial charge in [-0.3, -0.25) is 9.59 Å². The van der Waals surface area contributed by atoms with Gasteiger partial charge < -0.3 is 4.74 Å². The maximum atomic E-state index is 11.9. The van der Waals surface area contributed by atoms with E-state index in [9.17, 15) is 9.59 Å². The van der Waals surface area contributed by atoms with Crippen molar-refractivity contribution in [1.82, 2.24) is 0 Å². The van der Waals surface area contributed by atoms with Gasteiger partial charge in [-0.1, -0.05) is 24.3 Å². The van der Waals surface area contributed by atoms with Crippen molar-refractivity contribution < 1.29 is 14.3 Å². The summed E-state index contributed by atoms with van der Waals surface area (Å²) in [7, 11) is 0. The Bertz CT molecular complexity index is 454. The lowest BCUT2D eigenvalue weighted by molar-refractivity contribution is -0.136. The molecule has 1 aliphatic heterocycles. The van der Waals surface area contributed by atoms with Gasteiger partial charge in [-0.05, 0) is 5.57 Å². The molecule has 3 nitrogen and oxygen atoms in total. The largest absolute Gasteiger partial charge is 0.365 e. The Morgan fingerprint density at radius 1 is 1.19 bits per heavy atom. The summed E-state index contributed by atoms with van der Waals surface area (Å²) in [6.07, 6.45) is 7.88. The van der Waals surface area contributed by atoms with Crippen molar-refractivity contribution in [1.29, 1.82) is 0 Å². The lowest BCUT2D eigenvalue weighted by Gasteiger charge is -2.33. The van der Waals surface area contributed by atoms with Gasteiger partial charge in [0.15, 0.2) is 11.6 Å². The zero-order valence-corrected chi connectivity index (χ0v) is 8.81. The molecule has 3 heteroatoms. The van der Waals surface area contributed by atoms with E-state index >= 15 is 0 Å². The van der Waals surface area contributed by atoms with Gasteiger partial charge in [-0.2, -0.15) is 0 Å². The first-order chi connectivity index (χ1) is 7.77. The number of Topliss-reactive ketones (excluding diaryl/α,β-unsaturated/α-hetero) is 2. The van der Waals surface area contributed by atoms with Gasteiger partial charge in [-0.25, -0.2) is 0 Å². The average molecular weight is 216 g/mol. The van der Waals surface area contributed by atoms with Crippen molar-refractivity contribution in [2.75, 3.05) is 6.61 Å². The first-order valence-electron chi connectivity index (χ1n) is 5.54. The minimum atomic E-state index is -0.594. The van der Waals surface area contributed by atoms with E-state index in [2.05, 4.69) is 0 Å². The summed E-state index contributed by atoms with van der Waals surface area (Å²) in [6, 6.07) is 0. The van der Waals surface area contributed by atoms with E-state index in [1.54, 1.807) is 0 Å². The quantitative estimate of drug-likeness (QED) is 0.614. The zero-order valence-electron chi connectivity index (χ0n) is 8.81. The molecule has 1 fully saturated rings. The number of fused-ring (bicyclic) bond motifs is 2. The summed E-state index contributed by atoms with van der Waals surface area (Å²) < 4.78 is 5.52. The van der Waals surface area contributed by atoms with Crippen molar-refractivity contribution in [3.63, 3.8) is 0 Å². The molecular formula is C13H12O3. The molecule has 0 amide bonds. The number of ether oxygens (including phenoxy) is 1. The second-order valence-electron chi connectivity index (χ2n) is 4.32. The van der Waals surface area contributed by atoms with E-state index in [1.165, 1.54) is 0 Å². The number of rotatable bonds is 0. The van der Waals surface area contributed by atoms with Gasteiger partial charge in [0.2, 0.25) is 0 Å². The van der Waals surface area contributed by atoms with Crippen molar-refractivity contribution in [3.8, 4) is 0 Å². The number of hydrogen-bond acceptors (Lipinski definition) is 3. The van der Waals surface area contributed by atoms with Crippen LogP contribution in [0.2, 0.25) is 0 Å². The lowest BCUT2D eigenvalue weighted by atomic mass is 9.79. The maximum Gasteiger partial charge on any atom is 0.166 e. The fraction of sp³-hybridized carbons (Fsp3) is 0.385. The summed E-state index contributed by atoms with van der Waals surface area (Å²) in [6.45, 7) is 0.503. The molecule has 0 aromatic rings. The molecular weight excluding hydrogens is 204 g/mol. The van der Waals surface area contributed by atoms with Gasteiger partial charge in [0.25, 0.3) is 0 Å². The molecule has 0 aromatic heterocycles. The molecule has 2 aliphatic carbocycles. The molecule has 82 valence electrons. The fourth-order valence-corrected chi connectivity index (χ4v) is 2.52. The van der Waals surface area contributed by atoms with Gasteiger partial charge in [0.05, 0.1) is 6.61 Å². The average Bonchev–Trinajstić information content (AvgIpc) is 2.33. The Labute approximate surface area is 93.5 Å². The molecule has 1 saturated carbocycles.